The second-order valence-electron chi connectivity index (χ2n) is 11.4. The quantitative estimate of drug-likeness (QED) is 0.372. The van der Waals surface area contributed by atoms with Gasteiger partial charge in [-0.05, 0) is 60.9 Å². The van der Waals surface area contributed by atoms with E-state index < -0.39 is 35.7 Å². The van der Waals surface area contributed by atoms with Crippen LogP contribution in [-0.2, 0) is 14.3 Å². The number of carbonyl (C=O) groups excluding carboxylic acids is 3. The molecule has 2 fully saturated rings. The Labute approximate surface area is 267 Å². The number of hydrogen-bond donors (Lipinski definition) is 2. The number of nitrogens with zero attached hydrogens (tertiary/aromatic N) is 2. The summed E-state index contributed by atoms with van der Waals surface area (Å²) in [7, 11) is 4.22. The van der Waals surface area contributed by atoms with Gasteiger partial charge in [-0.2, -0.15) is 0 Å². The Morgan fingerprint density at radius 3 is 2.36 bits per heavy atom. The summed E-state index contributed by atoms with van der Waals surface area (Å²) in [6, 6.07) is 8.66. The van der Waals surface area contributed by atoms with Crippen LogP contribution in [0.25, 0.3) is 0 Å². The topological polar surface area (TPSA) is 109 Å². The molecule has 1 atom stereocenters. The van der Waals surface area contributed by atoms with Gasteiger partial charge < -0.3 is 24.8 Å². The number of urea groups is 2. The zero-order valence-electron chi connectivity index (χ0n) is 25.5. The molecular formula is C32H39ClF2N4O6. The van der Waals surface area contributed by atoms with Crippen molar-refractivity contribution in [2.75, 3.05) is 47.6 Å². The molecule has 0 unspecified atom stereocenters. The minimum absolute atomic E-state index is 0. The maximum atomic E-state index is 14.3. The largest absolute Gasteiger partial charge is 0.496 e. The average Bonchev–Trinajstić information content (AvgIpc) is 3.01. The number of halogens is 3. The zero-order valence-corrected chi connectivity index (χ0v) is 26.3. The van der Waals surface area contributed by atoms with E-state index in [1.54, 1.807) is 7.11 Å². The van der Waals surface area contributed by atoms with Gasteiger partial charge in [0.2, 0.25) is 0 Å². The maximum absolute atomic E-state index is 14.3. The minimum Gasteiger partial charge on any atom is -0.496 e. The van der Waals surface area contributed by atoms with E-state index in [2.05, 4.69) is 27.7 Å². The van der Waals surface area contributed by atoms with Crippen LogP contribution in [-0.4, -0.2) is 81.4 Å². The van der Waals surface area contributed by atoms with E-state index in [4.69, 9.17) is 14.2 Å². The van der Waals surface area contributed by atoms with Crippen LogP contribution in [0.5, 0.6) is 5.75 Å². The number of amides is 4. The van der Waals surface area contributed by atoms with Gasteiger partial charge in [-0.3, -0.25) is 4.90 Å². The molecule has 0 radical (unpaired) electrons. The van der Waals surface area contributed by atoms with Crippen LogP contribution >= 0.6 is 12.4 Å². The number of likely N-dealkylation sites (tertiary alicyclic amines) is 1. The highest BCUT2D eigenvalue weighted by Crippen LogP contribution is 2.40. The Kier molecular flexibility index (Phi) is 11.4. The van der Waals surface area contributed by atoms with Crippen LogP contribution in [0.3, 0.4) is 0 Å². The van der Waals surface area contributed by atoms with E-state index in [1.165, 1.54) is 18.7 Å². The molecule has 0 spiro atoms. The van der Waals surface area contributed by atoms with Gasteiger partial charge in [0, 0.05) is 38.7 Å². The molecular weight excluding hydrogens is 610 g/mol. The van der Waals surface area contributed by atoms with Crippen LogP contribution in [0, 0.1) is 17.6 Å². The Hall–Kier alpha value is -3.74. The first-order valence-electron chi connectivity index (χ1n) is 14.8. The first-order valence-corrected chi connectivity index (χ1v) is 14.8. The average molecular weight is 649 g/mol. The predicted molar refractivity (Wildman–Crippen MR) is 164 cm³/mol. The normalized spacial score (nSPS) is 22.2. The number of carbonyl (C=O) groups is 3. The standard InChI is InChI=1S/C32H38F2N4O6.ClH/c1-42-18-26-28(30(39)44-3)29(21-10-13-24(33)25(34)14-21)38(32(41)36-26)31(40)35-15-19-16-37(17-19)22-11-8-20(9-12-22)23-6-4-5-7-27(23)43-2;/h4-7,10,13-14,19-20,22,29H,8-9,11-12,15-18H2,1-3H3,(H,35,40)(H,36,41);1H/t20?,22?,29-;/m0./s1. The molecule has 5 rings (SSSR count). The molecule has 1 aliphatic carbocycles. The first kappa shape index (κ1) is 34.1. The van der Waals surface area contributed by atoms with Crippen LogP contribution in [0.4, 0.5) is 18.4 Å². The lowest BCUT2D eigenvalue weighted by Gasteiger charge is -2.47. The highest BCUT2D eigenvalue weighted by Gasteiger charge is 2.44. The molecule has 3 aliphatic rings. The number of ether oxygens (including phenoxy) is 3. The van der Waals surface area contributed by atoms with Crippen molar-refractivity contribution < 1.29 is 37.4 Å². The highest BCUT2D eigenvalue weighted by atomic mass is 35.5. The van der Waals surface area contributed by atoms with Gasteiger partial charge in [0.25, 0.3) is 0 Å². The number of benzene rings is 2. The Bertz CT molecular complexity index is 1430. The lowest BCUT2D eigenvalue weighted by molar-refractivity contribution is -0.137. The van der Waals surface area contributed by atoms with Gasteiger partial charge in [0.05, 0.1) is 32.1 Å². The number of esters is 1. The monoisotopic (exact) mass is 648 g/mol. The number of hydrogen-bond acceptors (Lipinski definition) is 7. The third-order valence-electron chi connectivity index (χ3n) is 8.82. The summed E-state index contributed by atoms with van der Waals surface area (Å²) in [6.45, 7) is 1.76. The second kappa shape index (κ2) is 15.0. The molecule has 2 N–H and O–H groups in total. The van der Waals surface area contributed by atoms with Crippen LogP contribution in [0.2, 0.25) is 0 Å². The van der Waals surface area contributed by atoms with E-state index >= 15 is 0 Å². The van der Waals surface area contributed by atoms with Gasteiger partial charge in [-0.1, -0.05) is 24.3 Å². The number of rotatable bonds is 9. The predicted octanol–water partition coefficient (Wildman–Crippen LogP) is 4.90. The first-order chi connectivity index (χ1) is 21.2. The Morgan fingerprint density at radius 1 is 1.00 bits per heavy atom. The molecule has 45 heavy (non-hydrogen) atoms. The van der Waals surface area contributed by atoms with E-state index in [-0.39, 0.29) is 41.8 Å². The Balaban J connectivity index is 0.00000461. The van der Waals surface area contributed by atoms with Gasteiger partial charge >= 0.3 is 18.0 Å². The smallest absolute Gasteiger partial charge is 0.338 e. The van der Waals surface area contributed by atoms with Gasteiger partial charge in [-0.15, -0.1) is 12.4 Å². The number of para-hydroxylation sites is 1. The number of nitrogens with one attached hydrogen (secondary N) is 2. The Morgan fingerprint density at radius 2 is 1.71 bits per heavy atom. The fourth-order valence-electron chi connectivity index (χ4n) is 6.59. The molecule has 0 bridgehead atoms. The summed E-state index contributed by atoms with van der Waals surface area (Å²) in [5, 5.41) is 5.33. The van der Waals surface area contributed by atoms with Crippen molar-refractivity contribution in [1.29, 1.82) is 0 Å². The molecule has 2 heterocycles. The SMILES string of the molecule is COCC1=C(C(=O)OC)[C@H](c2ccc(F)c(F)c2)N(C(=O)NCC2CN(C3CCC(c4ccccc4OC)CC3)C2)C(=O)N1.Cl. The van der Waals surface area contributed by atoms with Crippen molar-refractivity contribution >= 4 is 30.4 Å². The summed E-state index contributed by atoms with van der Waals surface area (Å²) in [5.41, 5.74) is 1.24. The van der Waals surface area contributed by atoms with Crippen molar-refractivity contribution in [3.05, 3.63) is 76.5 Å². The fourth-order valence-corrected chi connectivity index (χ4v) is 6.59. The van der Waals surface area contributed by atoms with Crippen LogP contribution in [0.15, 0.2) is 53.7 Å². The van der Waals surface area contributed by atoms with Crippen molar-refractivity contribution in [2.24, 2.45) is 5.92 Å². The molecule has 10 nitrogen and oxygen atoms in total. The summed E-state index contributed by atoms with van der Waals surface area (Å²) in [5.74, 6) is -1.54. The van der Waals surface area contributed by atoms with Gasteiger partial charge in [0.1, 0.15) is 11.8 Å². The lowest BCUT2D eigenvalue weighted by atomic mass is 9.79. The zero-order chi connectivity index (χ0) is 31.4. The van der Waals surface area contributed by atoms with Crippen molar-refractivity contribution in [2.45, 2.75) is 43.7 Å². The molecule has 2 aromatic rings. The summed E-state index contributed by atoms with van der Waals surface area (Å²) < 4.78 is 43.7. The van der Waals surface area contributed by atoms with Crippen molar-refractivity contribution in [3.8, 4) is 5.75 Å². The molecule has 13 heteroatoms. The number of methoxy groups -OCH3 is 3. The van der Waals surface area contributed by atoms with E-state index in [9.17, 15) is 23.2 Å². The summed E-state index contributed by atoms with van der Waals surface area (Å²) in [6.07, 6.45) is 4.33. The molecule has 2 aromatic carbocycles. The molecule has 4 amide bonds. The maximum Gasteiger partial charge on any atom is 0.338 e. The molecule has 1 saturated heterocycles. The fraction of sp³-hybridized carbons (Fsp3) is 0.469. The van der Waals surface area contributed by atoms with E-state index in [0.29, 0.717) is 18.5 Å². The highest BCUT2D eigenvalue weighted by molar-refractivity contribution is 6.01. The lowest BCUT2D eigenvalue weighted by Crippen LogP contribution is -2.59. The van der Waals surface area contributed by atoms with E-state index in [1.807, 2.05) is 12.1 Å². The van der Waals surface area contributed by atoms with Crippen molar-refractivity contribution in [3.63, 3.8) is 0 Å². The van der Waals surface area contributed by atoms with Gasteiger partial charge in [0.15, 0.2) is 11.6 Å². The molecule has 0 aromatic heterocycles. The molecule has 1 saturated carbocycles. The minimum atomic E-state index is -1.37. The van der Waals surface area contributed by atoms with Crippen molar-refractivity contribution in [1.82, 2.24) is 20.4 Å². The summed E-state index contributed by atoms with van der Waals surface area (Å²) in [4.78, 5) is 42.8. The third-order valence-corrected chi connectivity index (χ3v) is 8.82. The third kappa shape index (κ3) is 7.23. The van der Waals surface area contributed by atoms with E-state index in [0.717, 1.165) is 68.7 Å². The number of imide groups is 1. The van der Waals surface area contributed by atoms with Crippen LogP contribution < -0.4 is 15.4 Å². The molecule has 244 valence electrons. The van der Waals surface area contributed by atoms with Crippen LogP contribution in [0.1, 0.15) is 48.8 Å². The summed E-state index contributed by atoms with van der Waals surface area (Å²) >= 11 is 0. The molecule has 2 aliphatic heterocycles. The second-order valence-corrected chi connectivity index (χ2v) is 11.4. The van der Waals surface area contributed by atoms with Gasteiger partial charge in [-0.25, -0.2) is 28.1 Å².